The van der Waals surface area contributed by atoms with E-state index in [0.29, 0.717) is 11.7 Å². The SMILES string of the molecule is CC(CN)CCC(O)=C1CC1. The molecule has 1 atom stereocenters. The summed E-state index contributed by atoms with van der Waals surface area (Å²) in [5, 5.41) is 9.37. The number of allylic oxidation sites excluding steroid dienone is 2. The summed E-state index contributed by atoms with van der Waals surface area (Å²) >= 11 is 0. The van der Waals surface area contributed by atoms with Gasteiger partial charge in [0, 0.05) is 6.42 Å². The molecule has 1 unspecified atom stereocenters. The van der Waals surface area contributed by atoms with Gasteiger partial charge in [0.05, 0.1) is 5.76 Å². The minimum absolute atomic E-state index is 0.538. The predicted molar refractivity (Wildman–Crippen MR) is 46.3 cm³/mol. The van der Waals surface area contributed by atoms with Crippen LogP contribution in [-0.4, -0.2) is 11.7 Å². The molecule has 0 aromatic rings. The highest BCUT2D eigenvalue weighted by Crippen LogP contribution is 2.32. The lowest BCUT2D eigenvalue weighted by Crippen LogP contribution is -2.10. The predicted octanol–water partition coefficient (Wildman–Crippen LogP) is 1.97. The van der Waals surface area contributed by atoms with E-state index in [2.05, 4.69) is 6.92 Å². The summed E-state index contributed by atoms with van der Waals surface area (Å²) in [5.41, 5.74) is 6.71. The highest BCUT2D eigenvalue weighted by atomic mass is 16.3. The first-order valence-corrected chi connectivity index (χ1v) is 4.34. The van der Waals surface area contributed by atoms with Crippen molar-refractivity contribution in [2.75, 3.05) is 6.54 Å². The van der Waals surface area contributed by atoms with Crippen LogP contribution in [0.1, 0.15) is 32.6 Å². The zero-order chi connectivity index (χ0) is 8.27. The Kier molecular flexibility index (Phi) is 2.94. The van der Waals surface area contributed by atoms with E-state index < -0.39 is 0 Å². The molecule has 0 aliphatic heterocycles. The maximum absolute atomic E-state index is 9.37. The molecule has 0 amide bonds. The molecule has 1 fully saturated rings. The van der Waals surface area contributed by atoms with E-state index in [1.165, 1.54) is 5.57 Å². The summed E-state index contributed by atoms with van der Waals surface area (Å²) in [4.78, 5) is 0. The van der Waals surface area contributed by atoms with Crippen LogP contribution in [0.4, 0.5) is 0 Å². The average Bonchev–Trinajstić information content (AvgIpc) is 2.81. The van der Waals surface area contributed by atoms with Gasteiger partial charge >= 0.3 is 0 Å². The first-order chi connectivity index (χ1) is 5.24. The van der Waals surface area contributed by atoms with Crippen LogP contribution in [0, 0.1) is 5.92 Å². The van der Waals surface area contributed by atoms with E-state index in [9.17, 15) is 5.11 Å². The molecular formula is C9H17NO. The zero-order valence-electron chi connectivity index (χ0n) is 7.14. The normalized spacial score (nSPS) is 18.2. The molecule has 0 heterocycles. The van der Waals surface area contributed by atoms with Crippen molar-refractivity contribution in [2.24, 2.45) is 11.7 Å². The summed E-state index contributed by atoms with van der Waals surface area (Å²) < 4.78 is 0. The van der Waals surface area contributed by atoms with Crippen molar-refractivity contribution in [2.45, 2.75) is 32.6 Å². The van der Waals surface area contributed by atoms with E-state index in [4.69, 9.17) is 5.73 Å². The van der Waals surface area contributed by atoms with Crippen molar-refractivity contribution in [3.8, 4) is 0 Å². The molecule has 1 aliphatic carbocycles. The summed E-state index contributed by atoms with van der Waals surface area (Å²) in [6.07, 6.45) is 4.07. The Bertz CT molecular complexity index is 157. The summed E-state index contributed by atoms with van der Waals surface area (Å²) in [6.45, 7) is 2.84. The second-order valence-corrected chi connectivity index (χ2v) is 3.43. The standard InChI is InChI=1S/C9H17NO/c1-7(6-10)2-5-9(11)8-3-4-8/h7,11H,2-6,10H2,1H3. The zero-order valence-corrected chi connectivity index (χ0v) is 7.14. The second-order valence-electron chi connectivity index (χ2n) is 3.43. The molecule has 1 aliphatic rings. The first kappa shape index (κ1) is 8.60. The van der Waals surface area contributed by atoms with E-state index in [1.54, 1.807) is 0 Å². The van der Waals surface area contributed by atoms with Crippen molar-refractivity contribution in [1.82, 2.24) is 0 Å². The number of aliphatic hydroxyl groups is 1. The number of hydrogen-bond donors (Lipinski definition) is 2. The minimum atomic E-state index is 0.538. The highest BCUT2D eigenvalue weighted by molar-refractivity contribution is 5.20. The molecule has 1 saturated carbocycles. The van der Waals surface area contributed by atoms with Crippen molar-refractivity contribution in [3.63, 3.8) is 0 Å². The van der Waals surface area contributed by atoms with E-state index in [0.717, 1.165) is 32.2 Å². The van der Waals surface area contributed by atoms with E-state index in [1.807, 2.05) is 0 Å². The summed E-state index contributed by atoms with van der Waals surface area (Å²) in [6, 6.07) is 0. The lowest BCUT2D eigenvalue weighted by atomic mass is 10.1. The van der Waals surface area contributed by atoms with Gasteiger partial charge in [0.1, 0.15) is 0 Å². The van der Waals surface area contributed by atoms with Crippen LogP contribution in [0.3, 0.4) is 0 Å². The Morgan fingerprint density at radius 1 is 1.64 bits per heavy atom. The molecule has 3 N–H and O–H groups in total. The van der Waals surface area contributed by atoms with Crippen molar-refractivity contribution < 1.29 is 5.11 Å². The maximum atomic E-state index is 9.37. The third kappa shape index (κ3) is 2.93. The molecule has 2 nitrogen and oxygen atoms in total. The van der Waals surface area contributed by atoms with Crippen molar-refractivity contribution >= 4 is 0 Å². The summed E-state index contributed by atoms with van der Waals surface area (Å²) in [7, 11) is 0. The number of aliphatic hydroxyl groups excluding tert-OH is 1. The molecule has 0 saturated heterocycles. The van der Waals surface area contributed by atoms with Crippen LogP contribution in [0.25, 0.3) is 0 Å². The molecule has 1 rings (SSSR count). The van der Waals surface area contributed by atoms with Gasteiger partial charge in [-0.25, -0.2) is 0 Å². The van der Waals surface area contributed by atoms with Gasteiger partial charge < -0.3 is 10.8 Å². The fraction of sp³-hybridized carbons (Fsp3) is 0.778. The van der Waals surface area contributed by atoms with Gasteiger partial charge in [-0.2, -0.15) is 0 Å². The Labute approximate surface area is 68.1 Å². The Hall–Kier alpha value is -0.500. The molecule has 0 radical (unpaired) electrons. The van der Waals surface area contributed by atoms with Crippen molar-refractivity contribution in [1.29, 1.82) is 0 Å². The largest absolute Gasteiger partial charge is 0.512 e. The average molecular weight is 155 g/mol. The number of rotatable bonds is 4. The van der Waals surface area contributed by atoms with E-state index in [-0.39, 0.29) is 0 Å². The molecule has 0 bridgehead atoms. The van der Waals surface area contributed by atoms with Gasteiger partial charge in [-0.15, -0.1) is 0 Å². The van der Waals surface area contributed by atoms with Gasteiger partial charge in [0.2, 0.25) is 0 Å². The molecule has 0 spiro atoms. The number of hydrogen-bond acceptors (Lipinski definition) is 2. The van der Waals surface area contributed by atoms with Gasteiger partial charge in [-0.1, -0.05) is 6.92 Å². The quantitative estimate of drug-likeness (QED) is 0.610. The Balaban J connectivity index is 2.16. The fourth-order valence-corrected chi connectivity index (χ4v) is 1.03. The smallest absolute Gasteiger partial charge is 0.0914 e. The number of nitrogens with two attached hydrogens (primary N) is 1. The van der Waals surface area contributed by atoms with Gasteiger partial charge in [-0.3, -0.25) is 0 Å². The van der Waals surface area contributed by atoms with Gasteiger partial charge in [-0.05, 0) is 37.3 Å². The monoisotopic (exact) mass is 155 g/mol. The van der Waals surface area contributed by atoms with Crippen LogP contribution in [-0.2, 0) is 0 Å². The van der Waals surface area contributed by atoms with Gasteiger partial charge in [0.15, 0.2) is 0 Å². The lowest BCUT2D eigenvalue weighted by Gasteiger charge is -2.06. The minimum Gasteiger partial charge on any atom is -0.512 e. The Morgan fingerprint density at radius 2 is 2.27 bits per heavy atom. The highest BCUT2D eigenvalue weighted by Gasteiger charge is 2.17. The molecule has 0 aromatic carbocycles. The van der Waals surface area contributed by atoms with Crippen LogP contribution in [0.15, 0.2) is 11.3 Å². The lowest BCUT2D eigenvalue weighted by molar-refractivity contribution is 0.366. The molecular weight excluding hydrogens is 138 g/mol. The van der Waals surface area contributed by atoms with Crippen molar-refractivity contribution in [3.05, 3.63) is 11.3 Å². The van der Waals surface area contributed by atoms with E-state index >= 15 is 0 Å². The fourth-order valence-electron chi connectivity index (χ4n) is 1.03. The third-order valence-corrected chi connectivity index (χ3v) is 2.18. The van der Waals surface area contributed by atoms with Crippen LogP contribution in [0.5, 0.6) is 0 Å². The van der Waals surface area contributed by atoms with Crippen LogP contribution in [0.2, 0.25) is 0 Å². The molecule has 0 aromatic heterocycles. The summed E-state index contributed by atoms with van der Waals surface area (Å²) in [5.74, 6) is 1.17. The van der Waals surface area contributed by atoms with Crippen LogP contribution >= 0.6 is 0 Å². The molecule has 2 heteroatoms. The second kappa shape index (κ2) is 3.77. The maximum Gasteiger partial charge on any atom is 0.0914 e. The van der Waals surface area contributed by atoms with Crippen LogP contribution < -0.4 is 5.73 Å². The molecule has 64 valence electrons. The Morgan fingerprint density at radius 3 is 2.73 bits per heavy atom. The third-order valence-electron chi connectivity index (χ3n) is 2.18. The molecule has 11 heavy (non-hydrogen) atoms. The first-order valence-electron chi connectivity index (χ1n) is 4.34. The topological polar surface area (TPSA) is 46.2 Å². The van der Waals surface area contributed by atoms with Gasteiger partial charge in [0.25, 0.3) is 0 Å².